The molecule has 0 aliphatic carbocycles. The molecule has 1 atom stereocenters. The molecule has 1 heterocycles. The molecule has 4 N–H and O–H groups in total. The highest BCUT2D eigenvalue weighted by molar-refractivity contribution is 5.95. The fourth-order valence-electron chi connectivity index (χ4n) is 1.21. The maximum atomic E-state index is 11.7. The summed E-state index contributed by atoms with van der Waals surface area (Å²) in [5, 5.41) is 11.2. The van der Waals surface area contributed by atoms with E-state index < -0.39 is 23.3 Å². The lowest BCUT2D eigenvalue weighted by Gasteiger charge is -2.13. The van der Waals surface area contributed by atoms with Gasteiger partial charge in [-0.15, -0.1) is 0 Å². The number of carbonyl (C=O) groups is 1. The van der Waals surface area contributed by atoms with Crippen molar-refractivity contribution in [2.24, 2.45) is 14.1 Å². The summed E-state index contributed by atoms with van der Waals surface area (Å²) in [4.78, 5) is 34.4. The summed E-state index contributed by atoms with van der Waals surface area (Å²) < 4.78 is 1.84. The molecular formula is C9H14N4O4. The van der Waals surface area contributed by atoms with E-state index in [9.17, 15) is 14.4 Å². The summed E-state index contributed by atoms with van der Waals surface area (Å²) in [5.74, 6) is -0.931. The minimum Gasteiger partial charge on any atom is -0.384 e. The minimum atomic E-state index is -1.28. The first-order valence-corrected chi connectivity index (χ1v) is 4.81. The molecule has 0 radical (unpaired) electrons. The van der Waals surface area contributed by atoms with Gasteiger partial charge < -0.3 is 16.2 Å². The van der Waals surface area contributed by atoms with Gasteiger partial charge in [0.15, 0.2) is 0 Å². The van der Waals surface area contributed by atoms with E-state index in [1.807, 2.05) is 0 Å². The zero-order chi connectivity index (χ0) is 13.3. The maximum Gasteiger partial charge on any atom is 0.332 e. The lowest BCUT2D eigenvalue weighted by Crippen LogP contribution is -2.41. The number of anilines is 2. The first kappa shape index (κ1) is 13.0. The van der Waals surface area contributed by atoms with Gasteiger partial charge in [-0.1, -0.05) is 0 Å². The van der Waals surface area contributed by atoms with Crippen LogP contribution >= 0.6 is 0 Å². The number of hydrogen-bond acceptors (Lipinski definition) is 5. The van der Waals surface area contributed by atoms with Crippen LogP contribution in [0.5, 0.6) is 0 Å². The van der Waals surface area contributed by atoms with Gasteiger partial charge in [-0.3, -0.25) is 18.7 Å². The Morgan fingerprint density at radius 1 is 1.35 bits per heavy atom. The molecule has 1 rings (SSSR count). The SMILES string of the molecule is CC(O)C(=O)Nc1c(N)n(C)c(=O)n(C)c1=O. The number of aliphatic hydroxyl groups is 1. The number of nitrogens with two attached hydrogens (primary N) is 1. The van der Waals surface area contributed by atoms with Crippen molar-refractivity contribution in [3.8, 4) is 0 Å². The summed E-state index contributed by atoms with van der Waals surface area (Å²) in [6.45, 7) is 1.25. The Kier molecular flexibility index (Phi) is 3.37. The number of nitrogen functional groups attached to an aromatic ring is 1. The molecule has 1 unspecified atom stereocenters. The van der Waals surface area contributed by atoms with Crippen molar-refractivity contribution in [3.05, 3.63) is 20.8 Å². The predicted octanol–water partition coefficient (Wildman–Crippen LogP) is -2.01. The van der Waals surface area contributed by atoms with E-state index in [4.69, 9.17) is 10.8 Å². The van der Waals surface area contributed by atoms with Crippen LogP contribution in [0.3, 0.4) is 0 Å². The number of rotatable bonds is 2. The zero-order valence-corrected chi connectivity index (χ0v) is 9.72. The van der Waals surface area contributed by atoms with Crippen LogP contribution in [0, 0.1) is 0 Å². The van der Waals surface area contributed by atoms with Crippen LogP contribution in [0.2, 0.25) is 0 Å². The molecule has 1 aromatic rings. The van der Waals surface area contributed by atoms with Gasteiger partial charge >= 0.3 is 5.69 Å². The molecule has 0 saturated carbocycles. The van der Waals surface area contributed by atoms with Crippen molar-refractivity contribution in [2.45, 2.75) is 13.0 Å². The Labute approximate surface area is 96.3 Å². The van der Waals surface area contributed by atoms with Crippen LogP contribution in [0.15, 0.2) is 9.59 Å². The number of aliphatic hydroxyl groups excluding tert-OH is 1. The van der Waals surface area contributed by atoms with Gasteiger partial charge in [0.05, 0.1) is 0 Å². The molecule has 94 valence electrons. The van der Waals surface area contributed by atoms with E-state index in [-0.39, 0.29) is 11.5 Å². The summed E-state index contributed by atoms with van der Waals surface area (Å²) in [6, 6.07) is 0. The molecule has 17 heavy (non-hydrogen) atoms. The minimum absolute atomic E-state index is 0.160. The summed E-state index contributed by atoms with van der Waals surface area (Å²) in [7, 11) is 2.64. The van der Waals surface area contributed by atoms with Crippen LogP contribution < -0.4 is 22.3 Å². The van der Waals surface area contributed by atoms with Gasteiger partial charge in [0.25, 0.3) is 11.5 Å². The highest BCUT2D eigenvalue weighted by atomic mass is 16.3. The topological polar surface area (TPSA) is 119 Å². The molecule has 0 aliphatic rings. The fourth-order valence-corrected chi connectivity index (χ4v) is 1.21. The Morgan fingerprint density at radius 2 is 1.88 bits per heavy atom. The fraction of sp³-hybridized carbons (Fsp3) is 0.444. The van der Waals surface area contributed by atoms with Gasteiger partial charge in [0, 0.05) is 14.1 Å². The van der Waals surface area contributed by atoms with Crippen molar-refractivity contribution in [1.82, 2.24) is 9.13 Å². The Hall–Kier alpha value is -2.09. The van der Waals surface area contributed by atoms with E-state index >= 15 is 0 Å². The standard InChI is InChI=1S/C9H14N4O4/c1-4(14)7(15)11-5-6(10)12(2)9(17)13(3)8(5)16/h4,14H,10H2,1-3H3,(H,11,15). The number of aromatic nitrogens is 2. The Balaban J connectivity index is 3.41. The van der Waals surface area contributed by atoms with E-state index in [0.717, 1.165) is 9.13 Å². The van der Waals surface area contributed by atoms with E-state index in [2.05, 4.69) is 5.32 Å². The highest BCUT2D eigenvalue weighted by Gasteiger charge is 2.17. The van der Waals surface area contributed by atoms with Gasteiger partial charge in [0.1, 0.15) is 17.6 Å². The average Bonchev–Trinajstić information content (AvgIpc) is 2.29. The number of nitrogens with one attached hydrogen (secondary N) is 1. The third-order valence-electron chi connectivity index (χ3n) is 2.34. The molecule has 0 spiro atoms. The first-order chi connectivity index (χ1) is 7.77. The van der Waals surface area contributed by atoms with Crippen molar-refractivity contribution in [1.29, 1.82) is 0 Å². The second-order valence-corrected chi connectivity index (χ2v) is 3.63. The van der Waals surface area contributed by atoms with Gasteiger partial charge in [-0.25, -0.2) is 4.79 Å². The van der Waals surface area contributed by atoms with Crippen LogP contribution in [0.4, 0.5) is 11.5 Å². The van der Waals surface area contributed by atoms with Gasteiger partial charge in [0.2, 0.25) is 0 Å². The Bertz CT molecular complexity index is 570. The molecule has 8 heteroatoms. The van der Waals surface area contributed by atoms with Crippen molar-refractivity contribution >= 4 is 17.4 Å². The monoisotopic (exact) mass is 242 g/mol. The summed E-state index contributed by atoms with van der Waals surface area (Å²) in [5.41, 5.74) is 4.02. The van der Waals surface area contributed by atoms with Gasteiger partial charge in [-0.2, -0.15) is 0 Å². The molecule has 8 nitrogen and oxygen atoms in total. The summed E-state index contributed by atoms with van der Waals surface area (Å²) >= 11 is 0. The average molecular weight is 242 g/mol. The number of carbonyl (C=O) groups excluding carboxylic acids is 1. The van der Waals surface area contributed by atoms with Crippen molar-refractivity contribution in [3.63, 3.8) is 0 Å². The molecular weight excluding hydrogens is 228 g/mol. The van der Waals surface area contributed by atoms with Crippen molar-refractivity contribution in [2.75, 3.05) is 11.1 Å². The molecule has 1 aromatic heterocycles. The van der Waals surface area contributed by atoms with Crippen LogP contribution in [-0.4, -0.2) is 26.3 Å². The van der Waals surface area contributed by atoms with Crippen LogP contribution in [-0.2, 0) is 18.9 Å². The zero-order valence-electron chi connectivity index (χ0n) is 9.72. The van der Waals surface area contributed by atoms with E-state index in [1.54, 1.807) is 0 Å². The predicted molar refractivity (Wildman–Crippen MR) is 61.6 cm³/mol. The van der Waals surface area contributed by atoms with Gasteiger partial charge in [-0.05, 0) is 6.92 Å². The second-order valence-electron chi connectivity index (χ2n) is 3.63. The first-order valence-electron chi connectivity index (χ1n) is 4.81. The molecule has 0 saturated heterocycles. The second kappa shape index (κ2) is 4.42. The quantitative estimate of drug-likeness (QED) is 0.553. The number of nitrogens with zero attached hydrogens (tertiary/aromatic N) is 2. The van der Waals surface area contributed by atoms with Crippen molar-refractivity contribution < 1.29 is 9.90 Å². The molecule has 0 aromatic carbocycles. The smallest absolute Gasteiger partial charge is 0.332 e. The highest BCUT2D eigenvalue weighted by Crippen LogP contribution is 2.09. The lowest BCUT2D eigenvalue weighted by atomic mass is 10.3. The summed E-state index contributed by atoms with van der Waals surface area (Å²) in [6.07, 6.45) is -1.28. The molecule has 0 aliphatic heterocycles. The third kappa shape index (κ3) is 2.21. The molecule has 1 amide bonds. The Morgan fingerprint density at radius 3 is 2.35 bits per heavy atom. The third-order valence-corrected chi connectivity index (χ3v) is 2.34. The largest absolute Gasteiger partial charge is 0.384 e. The van der Waals surface area contributed by atoms with E-state index in [1.165, 1.54) is 21.0 Å². The maximum absolute atomic E-state index is 11.7. The molecule has 0 bridgehead atoms. The molecule has 0 fully saturated rings. The lowest BCUT2D eigenvalue weighted by molar-refractivity contribution is -0.123. The number of amides is 1. The van der Waals surface area contributed by atoms with Crippen LogP contribution in [0.1, 0.15) is 6.92 Å². The van der Waals surface area contributed by atoms with Crippen LogP contribution in [0.25, 0.3) is 0 Å². The van der Waals surface area contributed by atoms with E-state index in [0.29, 0.717) is 0 Å². The normalized spacial score (nSPS) is 12.2. The number of hydrogen-bond donors (Lipinski definition) is 3.